The summed E-state index contributed by atoms with van der Waals surface area (Å²) in [5.41, 5.74) is 1.62. The van der Waals surface area contributed by atoms with Crippen molar-refractivity contribution in [1.82, 2.24) is 14.8 Å². The molecule has 32 heavy (non-hydrogen) atoms. The van der Waals surface area contributed by atoms with E-state index in [1.165, 1.54) is 0 Å². The Kier molecular flexibility index (Phi) is 6.29. The van der Waals surface area contributed by atoms with Crippen LogP contribution in [0, 0.1) is 6.92 Å². The number of aryl methyl sites for hydroxylation is 1. The monoisotopic (exact) mass is 438 g/mol. The standard InChI is InChI=1S/C25H34N4O3/c1-18-11-14-28(19-9-12-26-13-10-19)24(31)22(18)23(30)27-15-16-29(25(2,3)17-27)20-7-5-6-8-21(20)32-4/h5-8,11,14,19,26H,9-10,12-13,15-17H2,1-4H3. The summed E-state index contributed by atoms with van der Waals surface area (Å²) in [5, 5.41) is 3.34. The predicted octanol–water partition coefficient (Wildman–Crippen LogP) is 2.83. The van der Waals surface area contributed by atoms with Crippen LogP contribution in [0.5, 0.6) is 5.75 Å². The highest BCUT2D eigenvalue weighted by atomic mass is 16.5. The number of nitrogens with zero attached hydrogens (tertiary/aromatic N) is 3. The van der Waals surface area contributed by atoms with Crippen LogP contribution in [0.25, 0.3) is 0 Å². The van der Waals surface area contributed by atoms with E-state index in [9.17, 15) is 9.59 Å². The highest BCUT2D eigenvalue weighted by Crippen LogP contribution is 2.35. The minimum absolute atomic E-state index is 0.148. The van der Waals surface area contributed by atoms with Crippen molar-refractivity contribution in [3.8, 4) is 5.75 Å². The summed E-state index contributed by atoms with van der Waals surface area (Å²) in [5.74, 6) is 0.660. The number of piperazine rings is 1. The fourth-order valence-corrected chi connectivity index (χ4v) is 5.06. The van der Waals surface area contributed by atoms with Crippen molar-refractivity contribution in [3.63, 3.8) is 0 Å². The Morgan fingerprint density at radius 1 is 1.12 bits per heavy atom. The first-order chi connectivity index (χ1) is 15.3. The third-order valence-electron chi connectivity index (χ3n) is 6.81. The van der Waals surface area contributed by atoms with Gasteiger partial charge in [0.15, 0.2) is 0 Å². The number of amides is 1. The summed E-state index contributed by atoms with van der Waals surface area (Å²) in [4.78, 5) is 31.1. The molecule has 4 rings (SSSR count). The molecule has 0 spiro atoms. The van der Waals surface area contributed by atoms with Crippen LogP contribution in [0.4, 0.5) is 5.69 Å². The summed E-state index contributed by atoms with van der Waals surface area (Å²) in [6, 6.07) is 10.0. The first kappa shape index (κ1) is 22.4. The molecule has 1 amide bonds. The van der Waals surface area contributed by atoms with E-state index in [0.717, 1.165) is 42.9 Å². The van der Waals surface area contributed by atoms with Gasteiger partial charge in [0.1, 0.15) is 11.3 Å². The second-order valence-corrected chi connectivity index (χ2v) is 9.43. The van der Waals surface area contributed by atoms with Gasteiger partial charge in [-0.1, -0.05) is 12.1 Å². The van der Waals surface area contributed by atoms with Crippen LogP contribution in [-0.4, -0.2) is 60.7 Å². The van der Waals surface area contributed by atoms with Crippen LogP contribution in [-0.2, 0) is 0 Å². The maximum atomic E-state index is 13.6. The Labute approximate surface area is 190 Å². The summed E-state index contributed by atoms with van der Waals surface area (Å²) in [7, 11) is 1.68. The Hall–Kier alpha value is -2.80. The quantitative estimate of drug-likeness (QED) is 0.795. The first-order valence-corrected chi connectivity index (χ1v) is 11.5. The second kappa shape index (κ2) is 8.98. The van der Waals surface area contributed by atoms with Crippen molar-refractivity contribution in [1.29, 1.82) is 0 Å². The number of methoxy groups -OCH3 is 1. The number of aromatic nitrogens is 1. The number of anilines is 1. The lowest BCUT2D eigenvalue weighted by Crippen LogP contribution is -2.61. The van der Waals surface area contributed by atoms with E-state index in [-0.39, 0.29) is 23.0 Å². The first-order valence-electron chi connectivity index (χ1n) is 11.5. The SMILES string of the molecule is COc1ccccc1N1CCN(C(=O)c2c(C)ccn(C3CCNCC3)c2=O)CC1(C)C. The molecule has 0 aliphatic carbocycles. The average molecular weight is 439 g/mol. The second-order valence-electron chi connectivity index (χ2n) is 9.43. The van der Waals surface area contributed by atoms with Gasteiger partial charge in [0, 0.05) is 31.9 Å². The highest BCUT2D eigenvalue weighted by Gasteiger charge is 2.38. The predicted molar refractivity (Wildman–Crippen MR) is 127 cm³/mol. The van der Waals surface area contributed by atoms with Crippen molar-refractivity contribution in [2.75, 3.05) is 44.7 Å². The van der Waals surface area contributed by atoms with Crippen molar-refractivity contribution < 1.29 is 9.53 Å². The van der Waals surface area contributed by atoms with Crippen LogP contribution < -0.4 is 20.5 Å². The Balaban J connectivity index is 1.59. The fourth-order valence-electron chi connectivity index (χ4n) is 5.06. The van der Waals surface area contributed by atoms with E-state index in [1.807, 2.05) is 42.3 Å². The van der Waals surface area contributed by atoms with Gasteiger partial charge in [0.2, 0.25) is 0 Å². The van der Waals surface area contributed by atoms with Crippen LogP contribution >= 0.6 is 0 Å². The minimum atomic E-state index is -0.306. The summed E-state index contributed by atoms with van der Waals surface area (Å²) < 4.78 is 7.34. The van der Waals surface area contributed by atoms with E-state index in [2.05, 4.69) is 30.1 Å². The van der Waals surface area contributed by atoms with Crippen molar-refractivity contribution in [2.24, 2.45) is 0 Å². The van der Waals surface area contributed by atoms with Gasteiger partial charge in [-0.15, -0.1) is 0 Å². The van der Waals surface area contributed by atoms with Gasteiger partial charge in [-0.25, -0.2) is 0 Å². The molecule has 1 aromatic carbocycles. The lowest BCUT2D eigenvalue weighted by atomic mass is 9.96. The number of rotatable bonds is 4. The molecule has 0 unspecified atom stereocenters. The number of carbonyl (C=O) groups excluding carboxylic acids is 1. The van der Waals surface area contributed by atoms with E-state index in [1.54, 1.807) is 11.7 Å². The number of carbonyl (C=O) groups is 1. The molecule has 2 aliphatic heterocycles. The van der Waals surface area contributed by atoms with Gasteiger partial charge in [-0.2, -0.15) is 0 Å². The van der Waals surface area contributed by atoms with Crippen LogP contribution in [0.3, 0.4) is 0 Å². The molecular weight excluding hydrogens is 404 g/mol. The lowest BCUT2D eigenvalue weighted by Gasteiger charge is -2.48. The number of ether oxygens (including phenoxy) is 1. The van der Waals surface area contributed by atoms with Gasteiger partial charge >= 0.3 is 0 Å². The molecule has 0 radical (unpaired) electrons. The fraction of sp³-hybridized carbons (Fsp3) is 0.520. The molecule has 2 aromatic rings. The Morgan fingerprint density at radius 2 is 1.84 bits per heavy atom. The van der Waals surface area contributed by atoms with Crippen LogP contribution in [0.1, 0.15) is 48.7 Å². The molecule has 0 saturated carbocycles. The third-order valence-corrected chi connectivity index (χ3v) is 6.81. The van der Waals surface area contributed by atoms with E-state index < -0.39 is 0 Å². The molecule has 0 bridgehead atoms. The van der Waals surface area contributed by atoms with Gasteiger partial charge in [-0.05, 0) is 70.5 Å². The maximum Gasteiger partial charge on any atom is 0.263 e. The molecule has 7 nitrogen and oxygen atoms in total. The zero-order chi connectivity index (χ0) is 22.9. The summed E-state index contributed by atoms with van der Waals surface area (Å²) in [6.45, 7) is 9.67. The van der Waals surface area contributed by atoms with Gasteiger partial charge in [0.05, 0.1) is 18.3 Å². The number of benzene rings is 1. The Morgan fingerprint density at radius 3 is 2.53 bits per heavy atom. The molecule has 1 aromatic heterocycles. The van der Waals surface area contributed by atoms with Crippen molar-refractivity contribution in [3.05, 3.63) is 58.0 Å². The van der Waals surface area contributed by atoms with Gasteiger partial charge in [-0.3, -0.25) is 9.59 Å². The summed E-state index contributed by atoms with van der Waals surface area (Å²) in [6.07, 6.45) is 3.66. The van der Waals surface area contributed by atoms with Crippen LogP contribution in [0.15, 0.2) is 41.3 Å². The van der Waals surface area contributed by atoms with E-state index in [4.69, 9.17) is 4.74 Å². The molecule has 0 atom stereocenters. The Bertz CT molecular complexity index is 1040. The number of hydrogen-bond donors (Lipinski definition) is 1. The van der Waals surface area contributed by atoms with E-state index in [0.29, 0.717) is 25.2 Å². The number of pyridine rings is 1. The van der Waals surface area contributed by atoms with Crippen molar-refractivity contribution >= 4 is 11.6 Å². The zero-order valence-electron chi connectivity index (χ0n) is 19.6. The third kappa shape index (κ3) is 4.13. The number of hydrogen-bond acceptors (Lipinski definition) is 5. The maximum absolute atomic E-state index is 13.6. The normalized spacial score (nSPS) is 19.1. The lowest BCUT2D eigenvalue weighted by molar-refractivity contribution is 0.0682. The topological polar surface area (TPSA) is 66.8 Å². The number of para-hydroxylation sites is 2. The molecule has 7 heteroatoms. The summed E-state index contributed by atoms with van der Waals surface area (Å²) >= 11 is 0. The molecular formula is C25H34N4O3. The molecule has 2 aliphatic rings. The van der Waals surface area contributed by atoms with Crippen LogP contribution in [0.2, 0.25) is 0 Å². The van der Waals surface area contributed by atoms with Crippen molar-refractivity contribution in [2.45, 2.75) is 45.2 Å². The van der Waals surface area contributed by atoms with Gasteiger partial charge < -0.3 is 24.4 Å². The molecule has 1 N–H and O–H groups in total. The smallest absolute Gasteiger partial charge is 0.263 e. The average Bonchev–Trinajstić information content (AvgIpc) is 2.79. The molecule has 172 valence electrons. The largest absolute Gasteiger partial charge is 0.495 e. The number of nitrogens with one attached hydrogen (secondary N) is 1. The number of piperidine rings is 1. The van der Waals surface area contributed by atoms with E-state index >= 15 is 0 Å². The molecule has 3 heterocycles. The van der Waals surface area contributed by atoms with Gasteiger partial charge in [0.25, 0.3) is 11.5 Å². The molecule has 2 saturated heterocycles. The molecule has 2 fully saturated rings. The highest BCUT2D eigenvalue weighted by molar-refractivity contribution is 5.95. The zero-order valence-corrected chi connectivity index (χ0v) is 19.6. The minimum Gasteiger partial charge on any atom is -0.495 e.